The minimum Gasteiger partial charge on any atom is -0.494 e. The molecule has 0 aromatic heterocycles. The molecule has 0 saturated carbocycles. The fourth-order valence-electron chi connectivity index (χ4n) is 2.05. The number of ether oxygens (including phenoxy) is 1. The van der Waals surface area contributed by atoms with Crippen molar-refractivity contribution in [2.24, 2.45) is 0 Å². The van der Waals surface area contributed by atoms with E-state index in [0.29, 0.717) is 24.5 Å². The molecule has 2 aromatic rings. The molecule has 0 aliphatic carbocycles. The molecule has 0 aliphatic heterocycles. The summed E-state index contributed by atoms with van der Waals surface area (Å²) in [6.07, 6.45) is 0.636. The third-order valence-corrected chi connectivity index (χ3v) is 4.75. The highest BCUT2D eigenvalue weighted by Crippen LogP contribution is 2.13. The third-order valence-electron chi connectivity index (χ3n) is 3.27. The Morgan fingerprint density at radius 1 is 1.00 bits per heavy atom. The lowest BCUT2D eigenvalue weighted by atomic mass is 10.1. The van der Waals surface area contributed by atoms with Gasteiger partial charge in [0.2, 0.25) is 10.0 Å². The number of hydrogen-bond donors (Lipinski definition) is 1. The van der Waals surface area contributed by atoms with E-state index < -0.39 is 10.0 Å². The maximum absolute atomic E-state index is 12.1. The van der Waals surface area contributed by atoms with E-state index in [9.17, 15) is 8.42 Å². The molecule has 0 unspecified atom stereocenters. The molecule has 0 aliphatic rings. The van der Waals surface area contributed by atoms with E-state index in [4.69, 9.17) is 4.74 Å². The van der Waals surface area contributed by atoms with Crippen LogP contribution in [0, 0.1) is 6.92 Å². The van der Waals surface area contributed by atoms with Crippen molar-refractivity contribution in [2.45, 2.75) is 25.2 Å². The van der Waals surface area contributed by atoms with Crippen molar-refractivity contribution in [1.29, 1.82) is 0 Å². The summed E-state index contributed by atoms with van der Waals surface area (Å²) in [5.41, 5.74) is 2.10. The minimum atomic E-state index is -3.44. The minimum absolute atomic E-state index is 0.296. The zero-order valence-corrected chi connectivity index (χ0v) is 13.7. The molecule has 0 saturated heterocycles. The van der Waals surface area contributed by atoms with Crippen LogP contribution in [0.1, 0.15) is 18.1 Å². The van der Waals surface area contributed by atoms with Crippen LogP contribution in [0.25, 0.3) is 0 Å². The Hall–Kier alpha value is -1.85. The lowest BCUT2D eigenvalue weighted by molar-refractivity contribution is 0.340. The molecule has 0 radical (unpaired) electrons. The summed E-state index contributed by atoms with van der Waals surface area (Å²) < 4.78 is 32.3. The van der Waals surface area contributed by atoms with Crippen LogP contribution in [0.15, 0.2) is 53.4 Å². The molecule has 1 N–H and O–H groups in total. The molecule has 0 fully saturated rings. The number of sulfonamides is 1. The van der Waals surface area contributed by atoms with Gasteiger partial charge in [0, 0.05) is 6.54 Å². The Morgan fingerprint density at radius 3 is 2.23 bits per heavy atom. The molecule has 2 aromatic carbocycles. The predicted molar refractivity (Wildman–Crippen MR) is 87.7 cm³/mol. The normalized spacial score (nSPS) is 11.4. The van der Waals surface area contributed by atoms with Crippen LogP contribution < -0.4 is 9.46 Å². The van der Waals surface area contributed by atoms with Gasteiger partial charge in [0.15, 0.2) is 0 Å². The zero-order valence-electron chi connectivity index (χ0n) is 12.9. The quantitative estimate of drug-likeness (QED) is 0.854. The highest BCUT2D eigenvalue weighted by molar-refractivity contribution is 7.89. The highest BCUT2D eigenvalue weighted by Gasteiger charge is 2.12. The Kier molecular flexibility index (Phi) is 5.57. The summed E-state index contributed by atoms with van der Waals surface area (Å²) in [6, 6.07) is 14.5. The van der Waals surface area contributed by atoms with Crippen LogP contribution in [0.3, 0.4) is 0 Å². The Balaban J connectivity index is 1.91. The van der Waals surface area contributed by atoms with Crippen molar-refractivity contribution in [1.82, 2.24) is 4.72 Å². The molecule has 0 heterocycles. The molecule has 5 heteroatoms. The van der Waals surface area contributed by atoms with Gasteiger partial charge in [-0.15, -0.1) is 0 Å². The Labute approximate surface area is 132 Å². The van der Waals surface area contributed by atoms with Gasteiger partial charge in [-0.05, 0) is 50.1 Å². The second-order valence-corrected chi connectivity index (χ2v) is 6.80. The summed E-state index contributed by atoms with van der Waals surface area (Å²) in [5, 5.41) is 0. The number of nitrogens with one attached hydrogen (secondary N) is 1. The first-order chi connectivity index (χ1) is 10.5. The van der Waals surface area contributed by atoms with Gasteiger partial charge in [0.05, 0.1) is 11.5 Å². The second kappa shape index (κ2) is 7.42. The van der Waals surface area contributed by atoms with E-state index in [2.05, 4.69) is 4.72 Å². The van der Waals surface area contributed by atoms with Gasteiger partial charge in [0.25, 0.3) is 0 Å². The first-order valence-electron chi connectivity index (χ1n) is 7.29. The summed E-state index contributed by atoms with van der Waals surface area (Å²) >= 11 is 0. The van der Waals surface area contributed by atoms with Gasteiger partial charge in [-0.1, -0.05) is 29.8 Å². The summed E-state index contributed by atoms with van der Waals surface area (Å²) in [6.45, 7) is 4.86. The molecule has 2 rings (SSSR count). The number of hydrogen-bond acceptors (Lipinski definition) is 3. The van der Waals surface area contributed by atoms with Crippen LogP contribution in [-0.4, -0.2) is 21.6 Å². The van der Waals surface area contributed by atoms with Gasteiger partial charge in [-0.2, -0.15) is 0 Å². The third kappa shape index (κ3) is 4.58. The van der Waals surface area contributed by atoms with Crippen LogP contribution in [0.4, 0.5) is 0 Å². The van der Waals surface area contributed by atoms with E-state index in [0.717, 1.165) is 16.9 Å². The summed E-state index contributed by atoms with van der Waals surface area (Å²) in [5.74, 6) is 0.825. The predicted octanol–water partition coefficient (Wildman–Crippen LogP) is 2.91. The zero-order chi connectivity index (χ0) is 16.0. The summed E-state index contributed by atoms with van der Waals surface area (Å²) in [4.78, 5) is 0.296. The first kappa shape index (κ1) is 16.5. The molecule has 0 atom stereocenters. The highest BCUT2D eigenvalue weighted by atomic mass is 32.2. The van der Waals surface area contributed by atoms with Crippen LogP contribution in [0.5, 0.6) is 5.75 Å². The molecular weight excluding hydrogens is 298 g/mol. The molecule has 0 amide bonds. The molecule has 0 bridgehead atoms. The fourth-order valence-corrected chi connectivity index (χ4v) is 3.08. The summed E-state index contributed by atoms with van der Waals surface area (Å²) in [7, 11) is -3.44. The van der Waals surface area contributed by atoms with Crippen LogP contribution in [0.2, 0.25) is 0 Å². The van der Waals surface area contributed by atoms with Crippen LogP contribution >= 0.6 is 0 Å². The van der Waals surface area contributed by atoms with E-state index >= 15 is 0 Å². The van der Waals surface area contributed by atoms with E-state index in [1.54, 1.807) is 24.3 Å². The van der Waals surface area contributed by atoms with Crippen molar-refractivity contribution >= 4 is 10.0 Å². The van der Waals surface area contributed by atoms with Crippen molar-refractivity contribution in [2.75, 3.05) is 13.2 Å². The van der Waals surface area contributed by atoms with E-state index in [-0.39, 0.29) is 0 Å². The largest absolute Gasteiger partial charge is 0.494 e. The standard InChI is InChI=1S/C17H21NO3S/c1-3-21-16-8-6-15(7-9-16)12-13-18-22(19,20)17-10-4-14(2)5-11-17/h4-11,18H,3,12-13H2,1-2H3. The lowest BCUT2D eigenvalue weighted by Gasteiger charge is -2.08. The maximum Gasteiger partial charge on any atom is 0.240 e. The molecular formula is C17H21NO3S. The van der Waals surface area contributed by atoms with E-state index in [1.165, 1.54) is 0 Å². The average molecular weight is 319 g/mol. The number of rotatable bonds is 7. The molecule has 22 heavy (non-hydrogen) atoms. The lowest BCUT2D eigenvalue weighted by Crippen LogP contribution is -2.25. The molecule has 0 spiro atoms. The Morgan fingerprint density at radius 2 is 1.64 bits per heavy atom. The average Bonchev–Trinajstić information content (AvgIpc) is 2.50. The SMILES string of the molecule is CCOc1ccc(CCNS(=O)(=O)c2ccc(C)cc2)cc1. The van der Waals surface area contributed by atoms with Gasteiger partial charge in [0.1, 0.15) is 5.75 Å². The maximum atomic E-state index is 12.1. The van der Waals surface area contributed by atoms with Crippen molar-refractivity contribution < 1.29 is 13.2 Å². The second-order valence-electron chi connectivity index (χ2n) is 5.04. The van der Waals surface area contributed by atoms with Gasteiger partial charge in [-0.25, -0.2) is 13.1 Å². The Bertz CT molecular complexity index is 692. The van der Waals surface area contributed by atoms with Crippen molar-refractivity contribution in [3.63, 3.8) is 0 Å². The molecule has 118 valence electrons. The van der Waals surface area contributed by atoms with Gasteiger partial charge >= 0.3 is 0 Å². The smallest absolute Gasteiger partial charge is 0.240 e. The van der Waals surface area contributed by atoms with Crippen LogP contribution in [-0.2, 0) is 16.4 Å². The molecule has 4 nitrogen and oxygen atoms in total. The van der Waals surface area contributed by atoms with E-state index in [1.807, 2.05) is 38.1 Å². The number of aryl methyl sites for hydroxylation is 1. The first-order valence-corrected chi connectivity index (χ1v) is 8.77. The van der Waals surface area contributed by atoms with Gasteiger partial charge in [-0.3, -0.25) is 0 Å². The van der Waals surface area contributed by atoms with Gasteiger partial charge < -0.3 is 4.74 Å². The van der Waals surface area contributed by atoms with Crippen molar-refractivity contribution in [3.8, 4) is 5.75 Å². The monoisotopic (exact) mass is 319 g/mol. The fraction of sp³-hybridized carbons (Fsp3) is 0.294. The van der Waals surface area contributed by atoms with Crippen molar-refractivity contribution in [3.05, 3.63) is 59.7 Å². The topological polar surface area (TPSA) is 55.4 Å². The number of benzene rings is 2.